The van der Waals surface area contributed by atoms with Gasteiger partial charge < -0.3 is 18.9 Å². The highest BCUT2D eigenvalue weighted by molar-refractivity contribution is 5.59. The van der Waals surface area contributed by atoms with Crippen molar-refractivity contribution >= 4 is 0 Å². The van der Waals surface area contributed by atoms with Crippen LogP contribution in [0.15, 0.2) is 12.1 Å². The second-order valence-corrected chi connectivity index (χ2v) is 8.53. The van der Waals surface area contributed by atoms with Crippen molar-refractivity contribution in [3.8, 4) is 35.2 Å². The lowest BCUT2D eigenvalue weighted by atomic mass is 9.96. The van der Waals surface area contributed by atoms with Crippen LogP contribution in [0.25, 0.3) is 0 Å². The first-order valence-corrected chi connectivity index (χ1v) is 9.53. The van der Waals surface area contributed by atoms with Gasteiger partial charge in [0, 0.05) is 37.2 Å². The fourth-order valence-electron chi connectivity index (χ4n) is 1.97. The van der Waals surface area contributed by atoms with Crippen molar-refractivity contribution in [2.45, 2.75) is 41.5 Å². The second kappa shape index (κ2) is 11.0. The normalized spacial score (nSPS) is 11.1. The molecule has 0 bridgehead atoms. The average molecular weight is 387 g/mol. The van der Waals surface area contributed by atoms with Gasteiger partial charge in [0.2, 0.25) is 0 Å². The van der Waals surface area contributed by atoms with Crippen molar-refractivity contribution in [3.05, 3.63) is 23.3 Å². The molecule has 0 aliphatic rings. The van der Waals surface area contributed by atoms with E-state index in [-0.39, 0.29) is 10.8 Å². The molecule has 1 aromatic carbocycles. The highest BCUT2D eigenvalue weighted by Crippen LogP contribution is 2.29. The number of benzene rings is 1. The van der Waals surface area contributed by atoms with E-state index in [1.807, 2.05) is 12.1 Å². The molecule has 0 aliphatic heterocycles. The molecule has 0 amide bonds. The molecule has 0 saturated carbocycles. The summed E-state index contributed by atoms with van der Waals surface area (Å²) in [4.78, 5) is 0. The first-order chi connectivity index (χ1) is 13.1. The van der Waals surface area contributed by atoms with Crippen molar-refractivity contribution in [3.63, 3.8) is 0 Å². The Labute approximate surface area is 170 Å². The molecule has 0 fully saturated rings. The second-order valence-electron chi connectivity index (χ2n) is 8.53. The van der Waals surface area contributed by atoms with E-state index in [4.69, 9.17) is 18.9 Å². The van der Waals surface area contributed by atoms with Crippen molar-refractivity contribution < 1.29 is 18.9 Å². The molecule has 0 unspecified atom stereocenters. The smallest absolute Gasteiger partial charge is 0.136 e. The fraction of sp³-hybridized carbons (Fsp3) is 0.583. The van der Waals surface area contributed by atoms with Gasteiger partial charge in [-0.3, -0.25) is 0 Å². The maximum atomic E-state index is 5.92. The lowest BCUT2D eigenvalue weighted by Crippen LogP contribution is -2.09. The largest absolute Gasteiger partial charge is 0.490 e. The highest BCUT2D eigenvalue weighted by atomic mass is 16.5. The number of rotatable bonds is 8. The molecule has 0 radical (unpaired) electrons. The molecule has 28 heavy (non-hydrogen) atoms. The Bertz CT molecular complexity index is 678. The standard InChI is InChI=1S/C24H34O4/c1-23(2,3)11-9-19-17-22(28-16-14-26-8)20(10-12-24(4,5)6)18-21(19)27-15-13-25-7/h17-18H,13-16H2,1-8H3. The van der Waals surface area contributed by atoms with Crippen LogP contribution in [0.5, 0.6) is 11.5 Å². The van der Waals surface area contributed by atoms with E-state index in [1.54, 1.807) is 14.2 Å². The van der Waals surface area contributed by atoms with Crippen LogP contribution in [0.1, 0.15) is 52.7 Å². The van der Waals surface area contributed by atoms with Crippen LogP contribution in [0.3, 0.4) is 0 Å². The third kappa shape index (κ3) is 9.70. The quantitative estimate of drug-likeness (QED) is 0.486. The molecule has 4 nitrogen and oxygen atoms in total. The van der Waals surface area contributed by atoms with Gasteiger partial charge in [-0.2, -0.15) is 0 Å². The lowest BCUT2D eigenvalue weighted by molar-refractivity contribution is 0.144. The molecule has 0 N–H and O–H groups in total. The molecule has 0 atom stereocenters. The number of hydrogen-bond donors (Lipinski definition) is 0. The van der Waals surface area contributed by atoms with Crippen molar-refractivity contribution in [2.24, 2.45) is 10.8 Å². The van der Waals surface area contributed by atoms with Gasteiger partial charge in [0.05, 0.1) is 24.3 Å². The fourth-order valence-corrected chi connectivity index (χ4v) is 1.97. The Morgan fingerprint density at radius 2 is 1.00 bits per heavy atom. The van der Waals surface area contributed by atoms with Crippen molar-refractivity contribution in [1.29, 1.82) is 0 Å². The zero-order valence-corrected chi connectivity index (χ0v) is 18.6. The summed E-state index contributed by atoms with van der Waals surface area (Å²) in [6.07, 6.45) is 0. The molecule has 154 valence electrons. The summed E-state index contributed by atoms with van der Waals surface area (Å²) in [5.41, 5.74) is 1.32. The SMILES string of the molecule is COCCOc1cc(C#CC(C)(C)C)c(OCCOC)cc1C#CC(C)(C)C. The number of methoxy groups -OCH3 is 2. The zero-order chi connectivity index (χ0) is 21.2. The third-order valence-electron chi connectivity index (χ3n) is 3.32. The molecule has 0 spiro atoms. The Morgan fingerprint density at radius 3 is 1.29 bits per heavy atom. The van der Waals surface area contributed by atoms with E-state index in [0.29, 0.717) is 37.9 Å². The van der Waals surface area contributed by atoms with E-state index in [2.05, 4.69) is 65.2 Å². The van der Waals surface area contributed by atoms with E-state index in [0.717, 1.165) is 11.1 Å². The Balaban J connectivity index is 3.42. The maximum absolute atomic E-state index is 5.92. The highest BCUT2D eigenvalue weighted by Gasteiger charge is 2.13. The summed E-state index contributed by atoms with van der Waals surface area (Å²) in [6.45, 7) is 14.3. The summed E-state index contributed by atoms with van der Waals surface area (Å²) in [5.74, 6) is 14.4. The van der Waals surface area contributed by atoms with Gasteiger partial charge in [-0.25, -0.2) is 0 Å². The molecule has 1 rings (SSSR count). The zero-order valence-electron chi connectivity index (χ0n) is 18.6. The molecular formula is C24H34O4. The minimum atomic E-state index is -0.119. The first kappa shape index (κ1) is 23.9. The molecule has 4 heteroatoms. The van der Waals surface area contributed by atoms with Crippen LogP contribution in [0, 0.1) is 34.5 Å². The van der Waals surface area contributed by atoms with E-state index >= 15 is 0 Å². The topological polar surface area (TPSA) is 36.9 Å². The summed E-state index contributed by atoms with van der Waals surface area (Å²) in [6, 6.07) is 3.81. The van der Waals surface area contributed by atoms with Gasteiger partial charge in [0.25, 0.3) is 0 Å². The molecule has 0 saturated heterocycles. The van der Waals surface area contributed by atoms with Gasteiger partial charge in [0.1, 0.15) is 24.7 Å². The molecule has 0 heterocycles. The molecule has 1 aromatic rings. The monoisotopic (exact) mass is 386 g/mol. The van der Waals surface area contributed by atoms with Crippen LogP contribution >= 0.6 is 0 Å². The van der Waals surface area contributed by atoms with Gasteiger partial charge in [-0.05, 0) is 41.5 Å². The number of hydrogen-bond acceptors (Lipinski definition) is 4. The van der Waals surface area contributed by atoms with Crippen molar-refractivity contribution in [1.82, 2.24) is 0 Å². The van der Waals surface area contributed by atoms with E-state index in [9.17, 15) is 0 Å². The van der Waals surface area contributed by atoms with Crippen molar-refractivity contribution in [2.75, 3.05) is 40.6 Å². The maximum Gasteiger partial charge on any atom is 0.136 e. The van der Waals surface area contributed by atoms with Gasteiger partial charge in [-0.15, -0.1) is 0 Å². The number of ether oxygens (including phenoxy) is 4. The van der Waals surface area contributed by atoms with E-state index in [1.165, 1.54) is 0 Å². The minimum absolute atomic E-state index is 0.119. The van der Waals surface area contributed by atoms with E-state index < -0.39 is 0 Å². The van der Waals surface area contributed by atoms with Crippen LogP contribution < -0.4 is 9.47 Å². The van der Waals surface area contributed by atoms with Crippen LogP contribution in [0.2, 0.25) is 0 Å². The summed E-state index contributed by atoms with van der Waals surface area (Å²) in [5, 5.41) is 0. The molecular weight excluding hydrogens is 352 g/mol. The Hall–Kier alpha value is -2.14. The van der Waals surface area contributed by atoms with Crippen LogP contribution in [0.4, 0.5) is 0 Å². The summed E-state index contributed by atoms with van der Waals surface area (Å²) in [7, 11) is 3.30. The van der Waals surface area contributed by atoms with Gasteiger partial charge in [-0.1, -0.05) is 23.7 Å². The average Bonchev–Trinajstić information content (AvgIpc) is 2.58. The molecule has 0 aliphatic carbocycles. The third-order valence-corrected chi connectivity index (χ3v) is 3.32. The minimum Gasteiger partial charge on any atom is -0.490 e. The van der Waals surface area contributed by atoms with Crippen LogP contribution in [-0.4, -0.2) is 40.6 Å². The predicted molar refractivity (Wildman–Crippen MR) is 114 cm³/mol. The predicted octanol–water partition coefficient (Wildman–Crippen LogP) is 4.53. The lowest BCUT2D eigenvalue weighted by Gasteiger charge is -2.14. The van der Waals surface area contributed by atoms with Crippen LogP contribution in [-0.2, 0) is 9.47 Å². The Kier molecular flexibility index (Phi) is 9.39. The summed E-state index contributed by atoms with van der Waals surface area (Å²) >= 11 is 0. The summed E-state index contributed by atoms with van der Waals surface area (Å²) < 4.78 is 22.0. The Morgan fingerprint density at radius 1 is 0.643 bits per heavy atom. The first-order valence-electron chi connectivity index (χ1n) is 9.53. The molecule has 0 aromatic heterocycles. The van der Waals surface area contributed by atoms with Gasteiger partial charge >= 0.3 is 0 Å². The van der Waals surface area contributed by atoms with Gasteiger partial charge in [0.15, 0.2) is 0 Å².